The van der Waals surface area contributed by atoms with E-state index in [1.807, 2.05) is 76.0 Å². The van der Waals surface area contributed by atoms with Crippen molar-refractivity contribution in [2.45, 2.75) is 25.7 Å². The van der Waals surface area contributed by atoms with Crippen molar-refractivity contribution in [1.29, 1.82) is 0 Å². The largest absolute Gasteiger partial charge is 4.00 e. The summed E-state index contributed by atoms with van der Waals surface area (Å²) in [6.07, 6.45) is 3.08. The predicted octanol–water partition coefficient (Wildman–Crippen LogP) is -2.81. The van der Waals surface area contributed by atoms with Crippen molar-refractivity contribution in [2.75, 3.05) is 109 Å². The monoisotopic (exact) mass is 456 g/mol. The topological polar surface area (TPSA) is 105 Å². The second kappa shape index (κ2) is 35.8. The molecule has 0 aliphatic rings. The summed E-state index contributed by atoms with van der Waals surface area (Å²) in [7, 11) is 15.7. The fourth-order valence-corrected chi connectivity index (χ4v) is 1.52. The van der Waals surface area contributed by atoms with Gasteiger partial charge in [-0.3, -0.25) is 0 Å². The molecule has 0 saturated carbocycles. The summed E-state index contributed by atoms with van der Waals surface area (Å²) in [6.45, 7) is 3.90. The first-order valence-electron chi connectivity index (χ1n) is 10.00. The third-order valence-corrected chi connectivity index (χ3v) is 3.00. The van der Waals surface area contributed by atoms with E-state index in [1.54, 1.807) is 0 Å². The summed E-state index contributed by atoms with van der Waals surface area (Å²) in [5, 5.41) is 39.2. The Morgan fingerprint density at radius 1 is 0.379 bits per heavy atom. The van der Waals surface area contributed by atoms with Gasteiger partial charge in [-0.05, 0) is 82.6 Å². The predicted molar refractivity (Wildman–Crippen MR) is 112 cm³/mol. The first-order chi connectivity index (χ1) is 13.1. The number of nitrogens with zero attached hydrogens (tertiary/aromatic N) is 4. The first-order valence-corrected chi connectivity index (χ1v) is 10.00. The molecule has 0 atom stereocenters. The Balaban J connectivity index is -0.0000000873. The Morgan fingerprint density at radius 3 is 0.552 bits per heavy atom. The molecular weight excluding hydrogens is 408 g/mol. The minimum Gasteiger partial charge on any atom is -0.854 e. The van der Waals surface area contributed by atoms with Crippen LogP contribution in [0.3, 0.4) is 0 Å². The van der Waals surface area contributed by atoms with E-state index in [-0.39, 0.29) is 48.1 Å². The van der Waals surface area contributed by atoms with Crippen LogP contribution in [0, 0.1) is 0 Å². The Labute approximate surface area is 196 Å². The molecule has 9 heteroatoms. The average molecular weight is 456 g/mol. The van der Waals surface area contributed by atoms with Gasteiger partial charge in [0.25, 0.3) is 0 Å². The molecule has 0 aliphatic carbocycles. The van der Waals surface area contributed by atoms with Gasteiger partial charge in [0.2, 0.25) is 0 Å². The van der Waals surface area contributed by atoms with Crippen LogP contribution < -0.4 is 20.4 Å². The van der Waals surface area contributed by atoms with Crippen molar-refractivity contribution in [3.63, 3.8) is 0 Å². The maximum Gasteiger partial charge on any atom is 4.00 e. The van der Waals surface area contributed by atoms with Crippen LogP contribution in [0.1, 0.15) is 25.7 Å². The summed E-state index contributed by atoms with van der Waals surface area (Å²) >= 11 is 0. The van der Waals surface area contributed by atoms with E-state index >= 15 is 0 Å². The average Bonchev–Trinajstić information content (AvgIpc) is 2.62. The van der Waals surface area contributed by atoms with Gasteiger partial charge in [-0.1, -0.05) is 25.7 Å². The van der Waals surface area contributed by atoms with Gasteiger partial charge >= 0.3 is 21.7 Å². The number of hydrogen-bond acceptors (Lipinski definition) is 8. The molecule has 0 aromatic heterocycles. The van der Waals surface area contributed by atoms with E-state index in [1.165, 1.54) is 0 Å². The van der Waals surface area contributed by atoms with Gasteiger partial charge in [0.1, 0.15) is 0 Å². The summed E-state index contributed by atoms with van der Waals surface area (Å²) in [6, 6.07) is 0. The minimum absolute atomic E-state index is 0. The summed E-state index contributed by atoms with van der Waals surface area (Å²) in [5.41, 5.74) is 0. The maximum absolute atomic E-state index is 9.81. The molecule has 0 aliphatic heterocycles. The molecule has 0 unspecified atom stereocenters. The number of rotatable bonds is 12. The van der Waals surface area contributed by atoms with E-state index < -0.39 is 0 Å². The quantitative estimate of drug-likeness (QED) is 0.290. The van der Waals surface area contributed by atoms with Crippen LogP contribution in [0.2, 0.25) is 0 Å². The molecule has 0 bridgehead atoms. The van der Waals surface area contributed by atoms with Crippen LogP contribution in [0.25, 0.3) is 0 Å². The SMILES string of the molecule is CN(C)CCC[O-].CN(C)CCC[O-].CN(C)CCC[O-].CN(C)CCC[O-].[Ti+4]. The molecular formula is C20H48N4O4Ti. The van der Waals surface area contributed by atoms with Gasteiger partial charge in [0, 0.05) is 0 Å². The molecule has 29 heavy (non-hydrogen) atoms. The molecule has 0 N–H and O–H groups in total. The Kier molecular flexibility index (Phi) is 49.2. The zero-order valence-corrected chi connectivity index (χ0v) is 22.0. The van der Waals surface area contributed by atoms with Crippen LogP contribution in [0.15, 0.2) is 0 Å². The van der Waals surface area contributed by atoms with Gasteiger partial charge in [0.05, 0.1) is 0 Å². The van der Waals surface area contributed by atoms with E-state index in [4.69, 9.17) is 0 Å². The van der Waals surface area contributed by atoms with Gasteiger partial charge in [0.15, 0.2) is 0 Å². The fourth-order valence-electron chi connectivity index (χ4n) is 1.52. The van der Waals surface area contributed by atoms with Crippen LogP contribution in [0.5, 0.6) is 0 Å². The van der Waals surface area contributed by atoms with Crippen LogP contribution in [-0.4, -0.2) is 129 Å². The van der Waals surface area contributed by atoms with E-state index in [9.17, 15) is 20.4 Å². The van der Waals surface area contributed by atoms with Crippen molar-refractivity contribution in [3.8, 4) is 0 Å². The Morgan fingerprint density at radius 2 is 0.517 bits per heavy atom. The minimum atomic E-state index is 0. The van der Waals surface area contributed by atoms with Crippen molar-refractivity contribution in [1.82, 2.24) is 19.6 Å². The molecule has 0 amide bonds. The third-order valence-electron chi connectivity index (χ3n) is 3.00. The fraction of sp³-hybridized carbons (Fsp3) is 1.00. The third kappa shape index (κ3) is 73.6. The zero-order chi connectivity index (χ0) is 22.8. The number of hydrogen-bond donors (Lipinski definition) is 0. The molecule has 0 spiro atoms. The van der Waals surface area contributed by atoms with E-state index in [0.717, 1.165) is 51.9 Å². The van der Waals surface area contributed by atoms with Crippen molar-refractivity contribution >= 4 is 0 Å². The second-order valence-corrected chi connectivity index (χ2v) is 7.44. The summed E-state index contributed by atoms with van der Waals surface area (Å²) in [4.78, 5) is 8.05. The molecule has 8 nitrogen and oxygen atoms in total. The van der Waals surface area contributed by atoms with Crippen LogP contribution in [-0.2, 0) is 21.7 Å². The molecule has 0 rings (SSSR count). The molecule has 176 valence electrons. The van der Waals surface area contributed by atoms with Gasteiger partial charge in [-0.25, -0.2) is 0 Å². The molecule has 0 aromatic carbocycles. The maximum atomic E-state index is 9.81. The van der Waals surface area contributed by atoms with Crippen LogP contribution in [0.4, 0.5) is 0 Å². The molecule has 0 radical (unpaired) electrons. The second-order valence-electron chi connectivity index (χ2n) is 7.44. The summed E-state index contributed by atoms with van der Waals surface area (Å²) in [5.74, 6) is 0. The van der Waals surface area contributed by atoms with Crippen LogP contribution >= 0.6 is 0 Å². The van der Waals surface area contributed by atoms with Gasteiger partial charge in [-0.2, -0.15) is 0 Å². The van der Waals surface area contributed by atoms with Gasteiger partial charge < -0.3 is 40.0 Å². The molecule has 0 aromatic rings. The molecule has 0 heterocycles. The zero-order valence-electron chi connectivity index (χ0n) is 20.4. The standard InChI is InChI=1S/4C5H12NO.Ti/c4*1-6(2)4-3-5-7;/h4*3-5H2,1-2H3;/q4*-1;+4. The van der Waals surface area contributed by atoms with Gasteiger partial charge in [-0.15, -0.1) is 26.4 Å². The smallest absolute Gasteiger partial charge is 0.854 e. The van der Waals surface area contributed by atoms with Crippen molar-refractivity contribution < 1.29 is 42.1 Å². The molecule has 0 saturated heterocycles. The first kappa shape index (κ1) is 39.8. The Bertz CT molecular complexity index is 203. The normalized spacial score (nSPS) is 9.93. The molecule has 0 fully saturated rings. The summed E-state index contributed by atoms with van der Waals surface area (Å²) < 4.78 is 0. The van der Waals surface area contributed by atoms with E-state index in [2.05, 4.69) is 0 Å². The van der Waals surface area contributed by atoms with E-state index in [0.29, 0.717) is 0 Å². The Hall–Kier alpha value is 0.394. The van der Waals surface area contributed by atoms with Crippen molar-refractivity contribution in [2.24, 2.45) is 0 Å². The van der Waals surface area contributed by atoms with Crippen molar-refractivity contribution in [3.05, 3.63) is 0 Å².